The maximum atomic E-state index is 12.1. The second-order valence-corrected chi connectivity index (χ2v) is 4.25. The maximum Gasteiger partial charge on any atom is 0.401 e. The zero-order chi connectivity index (χ0) is 10.8. The molecule has 5 heteroatoms. The van der Waals surface area contributed by atoms with E-state index in [4.69, 9.17) is 5.73 Å². The molecule has 14 heavy (non-hydrogen) atoms. The van der Waals surface area contributed by atoms with Crippen LogP contribution in [0.4, 0.5) is 13.2 Å². The molecule has 2 nitrogen and oxygen atoms in total. The molecule has 84 valence electrons. The fraction of sp³-hybridized carbons (Fsp3) is 1.00. The van der Waals surface area contributed by atoms with Crippen molar-refractivity contribution in [1.82, 2.24) is 4.90 Å². The zero-order valence-electron chi connectivity index (χ0n) is 8.35. The molecule has 1 heterocycles. The molecule has 1 fully saturated rings. The minimum Gasteiger partial charge on any atom is -0.330 e. The molecule has 0 amide bonds. The van der Waals surface area contributed by atoms with Crippen molar-refractivity contribution in [3.05, 3.63) is 0 Å². The molecule has 2 unspecified atom stereocenters. The first kappa shape index (κ1) is 11.8. The van der Waals surface area contributed by atoms with Crippen LogP contribution in [0.5, 0.6) is 0 Å². The molecule has 1 rings (SSSR count). The number of alkyl halides is 3. The van der Waals surface area contributed by atoms with Gasteiger partial charge in [-0.05, 0) is 24.8 Å². The molecule has 2 atom stereocenters. The molecule has 0 bridgehead atoms. The van der Waals surface area contributed by atoms with Crippen molar-refractivity contribution in [2.24, 2.45) is 17.6 Å². The van der Waals surface area contributed by atoms with E-state index in [0.717, 1.165) is 6.42 Å². The predicted octanol–water partition coefficient (Wildman–Crippen LogP) is 1.47. The fourth-order valence-electron chi connectivity index (χ4n) is 2.15. The van der Waals surface area contributed by atoms with Crippen LogP contribution in [0.2, 0.25) is 0 Å². The van der Waals surface area contributed by atoms with Crippen molar-refractivity contribution >= 4 is 0 Å². The number of halogens is 3. The number of piperidine rings is 1. The van der Waals surface area contributed by atoms with Crippen LogP contribution in [-0.4, -0.2) is 37.3 Å². The molecule has 2 N–H and O–H groups in total. The van der Waals surface area contributed by atoms with Crippen LogP contribution in [0, 0.1) is 11.8 Å². The van der Waals surface area contributed by atoms with Gasteiger partial charge in [0.2, 0.25) is 0 Å². The van der Waals surface area contributed by atoms with E-state index >= 15 is 0 Å². The Hall–Kier alpha value is -0.290. The van der Waals surface area contributed by atoms with Gasteiger partial charge in [0.15, 0.2) is 0 Å². The van der Waals surface area contributed by atoms with Gasteiger partial charge in [-0.3, -0.25) is 4.90 Å². The summed E-state index contributed by atoms with van der Waals surface area (Å²) >= 11 is 0. The van der Waals surface area contributed by atoms with E-state index in [0.29, 0.717) is 25.6 Å². The minimum atomic E-state index is -4.09. The lowest BCUT2D eigenvalue weighted by atomic mass is 9.90. The van der Waals surface area contributed by atoms with Crippen molar-refractivity contribution in [3.8, 4) is 0 Å². The number of hydrogen-bond acceptors (Lipinski definition) is 2. The first-order valence-corrected chi connectivity index (χ1v) is 4.90. The summed E-state index contributed by atoms with van der Waals surface area (Å²) in [7, 11) is 0. The van der Waals surface area contributed by atoms with E-state index in [-0.39, 0.29) is 5.92 Å². The molecule has 0 aliphatic carbocycles. The van der Waals surface area contributed by atoms with E-state index in [1.54, 1.807) is 0 Å². The minimum absolute atomic E-state index is 0.223. The average Bonchev–Trinajstić information content (AvgIpc) is 1.99. The Balaban J connectivity index is 2.45. The Kier molecular flexibility index (Phi) is 3.78. The third-order valence-electron chi connectivity index (χ3n) is 2.56. The lowest BCUT2D eigenvalue weighted by molar-refractivity contribution is -0.151. The molecule has 1 saturated heterocycles. The predicted molar refractivity (Wildman–Crippen MR) is 48.8 cm³/mol. The lowest BCUT2D eigenvalue weighted by Crippen LogP contribution is -2.45. The van der Waals surface area contributed by atoms with Gasteiger partial charge in [-0.1, -0.05) is 6.92 Å². The van der Waals surface area contributed by atoms with Gasteiger partial charge in [-0.25, -0.2) is 0 Å². The average molecular weight is 210 g/mol. The van der Waals surface area contributed by atoms with Gasteiger partial charge in [0.25, 0.3) is 0 Å². The molecule has 0 radical (unpaired) electrons. The second kappa shape index (κ2) is 4.49. The molecule has 0 aromatic rings. The zero-order valence-corrected chi connectivity index (χ0v) is 8.35. The van der Waals surface area contributed by atoms with E-state index in [2.05, 4.69) is 0 Å². The maximum absolute atomic E-state index is 12.1. The largest absolute Gasteiger partial charge is 0.401 e. The first-order valence-electron chi connectivity index (χ1n) is 4.90. The van der Waals surface area contributed by atoms with Crippen LogP contribution in [0.15, 0.2) is 0 Å². The second-order valence-electron chi connectivity index (χ2n) is 4.25. The van der Waals surface area contributed by atoms with E-state index in [1.807, 2.05) is 6.92 Å². The highest BCUT2D eigenvalue weighted by molar-refractivity contribution is 4.78. The van der Waals surface area contributed by atoms with Crippen LogP contribution >= 0.6 is 0 Å². The summed E-state index contributed by atoms with van der Waals surface area (Å²) < 4.78 is 36.4. The Morgan fingerprint density at radius 3 is 2.50 bits per heavy atom. The molecular weight excluding hydrogens is 193 g/mol. The number of rotatable bonds is 2. The summed E-state index contributed by atoms with van der Waals surface area (Å²) in [5.74, 6) is 0.542. The van der Waals surface area contributed by atoms with Gasteiger partial charge in [-0.2, -0.15) is 13.2 Å². The smallest absolute Gasteiger partial charge is 0.330 e. The van der Waals surface area contributed by atoms with Crippen LogP contribution < -0.4 is 5.73 Å². The Morgan fingerprint density at radius 2 is 2.00 bits per heavy atom. The summed E-state index contributed by atoms with van der Waals surface area (Å²) in [5.41, 5.74) is 5.48. The van der Waals surface area contributed by atoms with Gasteiger partial charge < -0.3 is 5.73 Å². The molecular formula is C9H17F3N2. The monoisotopic (exact) mass is 210 g/mol. The van der Waals surface area contributed by atoms with Crippen LogP contribution in [0.1, 0.15) is 13.3 Å². The molecule has 0 spiro atoms. The van der Waals surface area contributed by atoms with Crippen LogP contribution in [0.25, 0.3) is 0 Å². The highest BCUT2D eigenvalue weighted by Crippen LogP contribution is 2.24. The molecule has 0 saturated carbocycles. The van der Waals surface area contributed by atoms with E-state index < -0.39 is 12.7 Å². The van der Waals surface area contributed by atoms with Crippen molar-refractivity contribution in [3.63, 3.8) is 0 Å². The summed E-state index contributed by atoms with van der Waals surface area (Å²) in [6, 6.07) is 0. The standard InChI is InChI=1S/C9H17F3N2/c1-7-2-8(3-13)5-14(4-7)6-9(10,11)12/h7-8H,2-6,13H2,1H3. The van der Waals surface area contributed by atoms with Gasteiger partial charge in [0.1, 0.15) is 0 Å². The molecule has 0 aromatic heterocycles. The summed E-state index contributed by atoms with van der Waals surface area (Å²) in [4.78, 5) is 1.46. The highest BCUT2D eigenvalue weighted by Gasteiger charge is 2.34. The Bertz CT molecular complexity index is 181. The number of nitrogens with zero attached hydrogens (tertiary/aromatic N) is 1. The third-order valence-corrected chi connectivity index (χ3v) is 2.56. The Morgan fingerprint density at radius 1 is 1.36 bits per heavy atom. The van der Waals surface area contributed by atoms with Crippen molar-refractivity contribution in [2.75, 3.05) is 26.2 Å². The van der Waals surface area contributed by atoms with Gasteiger partial charge in [0, 0.05) is 13.1 Å². The summed E-state index contributed by atoms with van der Waals surface area (Å²) in [6.45, 7) is 2.69. The topological polar surface area (TPSA) is 29.3 Å². The van der Waals surface area contributed by atoms with Gasteiger partial charge in [-0.15, -0.1) is 0 Å². The quantitative estimate of drug-likeness (QED) is 0.747. The van der Waals surface area contributed by atoms with Crippen molar-refractivity contribution in [1.29, 1.82) is 0 Å². The SMILES string of the molecule is CC1CC(CN)CN(CC(F)(F)F)C1. The van der Waals surface area contributed by atoms with E-state index in [1.165, 1.54) is 4.90 Å². The first-order chi connectivity index (χ1) is 6.40. The third kappa shape index (κ3) is 3.84. The van der Waals surface area contributed by atoms with Gasteiger partial charge in [0.05, 0.1) is 6.54 Å². The number of nitrogens with two attached hydrogens (primary N) is 1. The molecule has 0 aromatic carbocycles. The van der Waals surface area contributed by atoms with Crippen molar-refractivity contribution < 1.29 is 13.2 Å². The number of likely N-dealkylation sites (tertiary alicyclic amines) is 1. The normalized spacial score (nSPS) is 30.6. The number of hydrogen-bond donors (Lipinski definition) is 1. The van der Waals surface area contributed by atoms with Crippen LogP contribution in [-0.2, 0) is 0 Å². The molecule has 1 aliphatic heterocycles. The van der Waals surface area contributed by atoms with E-state index in [9.17, 15) is 13.2 Å². The van der Waals surface area contributed by atoms with Crippen LogP contribution in [0.3, 0.4) is 0 Å². The van der Waals surface area contributed by atoms with Crippen molar-refractivity contribution in [2.45, 2.75) is 19.5 Å². The Labute approximate surface area is 82.2 Å². The molecule has 1 aliphatic rings. The fourth-order valence-corrected chi connectivity index (χ4v) is 2.15. The highest BCUT2D eigenvalue weighted by atomic mass is 19.4. The summed E-state index contributed by atoms with van der Waals surface area (Å²) in [5, 5.41) is 0. The summed E-state index contributed by atoms with van der Waals surface area (Å²) in [6.07, 6.45) is -3.14. The lowest BCUT2D eigenvalue weighted by Gasteiger charge is -2.36. The van der Waals surface area contributed by atoms with Gasteiger partial charge >= 0.3 is 6.18 Å².